The Kier molecular flexibility index (Phi) is 5.01. The Labute approximate surface area is 111 Å². The van der Waals surface area contributed by atoms with Crippen LogP contribution in [0.15, 0.2) is 0 Å². The van der Waals surface area contributed by atoms with Crippen molar-refractivity contribution in [3.05, 3.63) is 0 Å². The molecule has 2 aliphatic rings. The molecule has 4 heteroatoms. The minimum absolute atomic E-state index is 0.160. The van der Waals surface area contributed by atoms with Gasteiger partial charge in [-0.15, -0.1) is 0 Å². The number of hydrogen-bond donors (Lipinski definition) is 2. The van der Waals surface area contributed by atoms with E-state index in [9.17, 15) is 0 Å². The molecule has 2 heterocycles. The van der Waals surface area contributed by atoms with Crippen LogP contribution in [0.4, 0.5) is 0 Å². The predicted molar refractivity (Wildman–Crippen MR) is 74.2 cm³/mol. The van der Waals surface area contributed by atoms with Crippen molar-refractivity contribution in [3.63, 3.8) is 0 Å². The molecule has 3 atom stereocenters. The number of ether oxygens (including phenoxy) is 1. The van der Waals surface area contributed by atoms with E-state index in [1.807, 2.05) is 0 Å². The third-order valence-corrected chi connectivity index (χ3v) is 5.08. The third-order valence-electron chi connectivity index (χ3n) is 5.08. The van der Waals surface area contributed by atoms with Crippen molar-refractivity contribution >= 4 is 0 Å². The van der Waals surface area contributed by atoms with Gasteiger partial charge in [-0.3, -0.25) is 16.2 Å². The molecule has 2 fully saturated rings. The van der Waals surface area contributed by atoms with Gasteiger partial charge < -0.3 is 4.74 Å². The van der Waals surface area contributed by atoms with Gasteiger partial charge in [0, 0.05) is 24.1 Å². The zero-order valence-electron chi connectivity index (χ0n) is 12.0. The average Bonchev–Trinajstić information content (AvgIpc) is 2.94. The van der Waals surface area contributed by atoms with E-state index in [0.29, 0.717) is 12.0 Å². The smallest absolute Gasteiger partial charge is 0.0511 e. The fraction of sp³-hybridized carbons (Fsp3) is 1.00. The van der Waals surface area contributed by atoms with E-state index in [-0.39, 0.29) is 5.54 Å². The van der Waals surface area contributed by atoms with E-state index >= 15 is 0 Å². The van der Waals surface area contributed by atoms with Gasteiger partial charge in [0.15, 0.2) is 0 Å². The highest BCUT2D eigenvalue weighted by molar-refractivity contribution is 5.00. The highest BCUT2D eigenvalue weighted by atomic mass is 16.5. The lowest BCUT2D eigenvalue weighted by Gasteiger charge is -2.49. The maximum atomic E-state index is 5.89. The van der Waals surface area contributed by atoms with Gasteiger partial charge in [-0.05, 0) is 45.7 Å². The summed E-state index contributed by atoms with van der Waals surface area (Å²) >= 11 is 0. The summed E-state index contributed by atoms with van der Waals surface area (Å²) < 4.78 is 5.55. The molecule has 18 heavy (non-hydrogen) atoms. The summed E-state index contributed by atoms with van der Waals surface area (Å²) in [6.45, 7) is 8.85. The largest absolute Gasteiger partial charge is 0.381 e. The van der Waals surface area contributed by atoms with E-state index < -0.39 is 0 Å². The number of piperidine rings is 1. The van der Waals surface area contributed by atoms with E-state index in [4.69, 9.17) is 10.6 Å². The van der Waals surface area contributed by atoms with Crippen LogP contribution in [-0.2, 0) is 4.74 Å². The third kappa shape index (κ3) is 2.72. The molecule has 2 rings (SSSR count). The molecule has 0 radical (unpaired) electrons. The quantitative estimate of drug-likeness (QED) is 0.577. The van der Waals surface area contributed by atoms with Crippen molar-refractivity contribution in [2.45, 2.75) is 57.5 Å². The number of nitrogens with two attached hydrogens (primary N) is 1. The van der Waals surface area contributed by atoms with Crippen LogP contribution in [0.5, 0.6) is 0 Å². The minimum Gasteiger partial charge on any atom is -0.381 e. The van der Waals surface area contributed by atoms with Gasteiger partial charge in [0.2, 0.25) is 0 Å². The van der Waals surface area contributed by atoms with Gasteiger partial charge in [-0.1, -0.05) is 13.3 Å². The monoisotopic (exact) mass is 255 g/mol. The van der Waals surface area contributed by atoms with Crippen molar-refractivity contribution in [1.29, 1.82) is 0 Å². The molecule has 0 spiro atoms. The molecular formula is C14H29N3O. The zero-order valence-corrected chi connectivity index (χ0v) is 12.0. The van der Waals surface area contributed by atoms with Crippen LogP contribution in [0.1, 0.15) is 46.0 Å². The summed E-state index contributed by atoms with van der Waals surface area (Å²) in [4.78, 5) is 2.65. The minimum atomic E-state index is 0.160. The van der Waals surface area contributed by atoms with Crippen LogP contribution >= 0.6 is 0 Å². The number of hydrogen-bond acceptors (Lipinski definition) is 4. The summed E-state index contributed by atoms with van der Waals surface area (Å²) in [5, 5.41) is 0. The van der Waals surface area contributed by atoms with Crippen LogP contribution in [0.3, 0.4) is 0 Å². The van der Waals surface area contributed by atoms with Crippen LogP contribution < -0.4 is 11.3 Å². The van der Waals surface area contributed by atoms with Gasteiger partial charge in [-0.25, -0.2) is 0 Å². The first-order valence-corrected chi connectivity index (χ1v) is 7.51. The summed E-state index contributed by atoms with van der Waals surface area (Å²) in [5.74, 6) is 6.45. The summed E-state index contributed by atoms with van der Waals surface area (Å²) in [6, 6.07) is 0.336. The maximum absolute atomic E-state index is 5.89. The zero-order chi connectivity index (χ0) is 13.0. The van der Waals surface area contributed by atoms with Gasteiger partial charge in [0.05, 0.1) is 6.61 Å². The molecule has 0 aromatic heterocycles. The first kappa shape index (κ1) is 14.3. The van der Waals surface area contributed by atoms with Crippen molar-refractivity contribution < 1.29 is 4.74 Å². The lowest BCUT2D eigenvalue weighted by atomic mass is 9.78. The Hall–Kier alpha value is -0.160. The maximum Gasteiger partial charge on any atom is 0.0511 e. The van der Waals surface area contributed by atoms with Crippen LogP contribution in [0.2, 0.25) is 0 Å². The highest BCUT2D eigenvalue weighted by Gasteiger charge is 2.43. The molecule has 0 aromatic carbocycles. The number of nitrogens with zero attached hydrogens (tertiary/aromatic N) is 1. The Bertz CT molecular complexity index is 249. The number of hydrazine groups is 1. The molecule has 2 aliphatic heterocycles. The van der Waals surface area contributed by atoms with Gasteiger partial charge in [0.1, 0.15) is 0 Å². The molecule has 3 unspecified atom stereocenters. The molecule has 3 N–H and O–H groups in total. The fourth-order valence-electron chi connectivity index (χ4n) is 3.68. The number of nitrogens with one attached hydrogen (secondary N) is 1. The van der Waals surface area contributed by atoms with Crippen molar-refractivity contribution in [3.8, 4) is 0 Å². The molecule has 0 aliphatic carbocycles. The van der Waals surface area contributed by atoms with Crippen molar-refractivity contribution in [2.24, 2.45) is 11.8 Å². The lowest BCUT2D eigenvalue weighted by molar-refractivity contribution is 0.0204. The van der Waals surface area contributed by atoms with E-state index in [2.05, 4.69) is 24.2 Å². The second-order valence-corrected chi connectivity index (χ2v) is 6.03. The molecule has 0 saturated carbocycles. The van der Waals surface area contributed by atoms with E-state index in [0.717, 1.165) is 26.1 Å². The van der Waals surface area contributed by atoms with E-state index in [1.54, 1.807) is 0 Å². The predicted octanol–water partition coefficient (Wildman–Crippen LogP) is 1.51. The fourth-order valence-corrected chi connectivity index (χ4v) is 3.68. The molecule has 0 bridgehead atoms. The highest BCUT2D eigenvalue weighted by Crippen LogP contribution is 2.33. The Morgan fingerprint density at radius 1 is 1.39 bits per heavy atom. The first-order chi connectivity index (χ1) is 8.72. The topological polar surface area (TPSA) is 50.5 Å². The normalized spacial score (nSPS) is 31.2. The molecule has 106 valence electrons. The number of likely N-dealkylation sites (tertiary alicyclic amines) is 1. The summed E-state index contributed by atoms with van der Waals surface area (Å²) in [6.07, 6.45) is 6.31. The van der Waals surface area contributed by atoms with Crippen LogP contribution in [0.25, 0.3) is 0 Å². The SMILES string of the molecule is CCC(C)(C(NN)C1CCOC1)N1CCCCC1. The molecule has 4 nitrogen and oxygen atoms in total. The second kappa shape index (κ2) is 6.33. The summed E-state index contributed by atoms with van der Waals surface area (Å²) in [5.41, 5.74) is 3.27. The Balaban J connectivity index is 2.11. The Morgan fingerprint density at radius 2 is 2.11 bits per heavy atom. The second-order valence-electron chi connectivity index (χ2n) is 6.03. The Morgan fingerprint density at radius 3 is 2.61 bits per heavy atom. The molecule has 2 saturated heterocycles. The van der Waals surface area contributed by atoms with Crippen LogP contribution in [0, 0.1) is 5.92 Å². The standard InChI is InChI=1S/C14H29N3O/c1-3-14(2,17-8-5-4-6-9-17)13(16-15)12-7-10-18-11-12/h12-13,16H,3-11,15H2,1-2H3. The first-order valence-electron chi connectivity index (χ1n) is 7.51. The van der Waals surface area contributed by atoms with Crippen LogP contribution in [-0.4, -0.2) is 42.8 Å². The van der Waals surface area contributed by atoms with Gasteiger partial charge in [-0.2, -0.15) is 0 Å². The lowest BCUT2D eigenvalue weighted by Crippen LogP contribution is -2.64. The van der Waals surface area contributed by atoms with Crippen molar-refractivity contribution in [2.75, 3.05) is 26.3 Å². The molecule has 0 aromatic rings. The van der Waals surface area contributed by atoms with Gasteiger partial charge >= 0.3 is 0 Å². The average molecular weight is 255 g/mol. The van der Waals surface area contributed by atoms with Crippen molar-refractivity contribution in [1.82, 2.24) is 10.3 Å². The molecule has 0 amide bonds. The molecular weight excluding hydrogens is 226 g/mol. The van der Waals surface area contributed by atoms with Gasteiger partial charge in [0.25, 0.3) is 0 Å². The van der Waals surface area contributed by atoms with E-state index in [1.165, 1.54) is 32.4 Å². The number of rotatable bonds is 5. The summed E-state index contributed by atoms with van der Waals surface area (Å²) in [7, 11) is 0.